The molecule has 0 N–H and O–H groups in total. The maximum atomic E-state index is 12.4. The molecule has 2 aromatic rings. The maximum Gasteiger partial charge on any atom is 0.0860 e. The minimum absolute atomic E-state index is 0.859. The van der Waals surface area contributed by atoms with Crippen LogP contribution in [0.3, 0.4) is 0 Å². The van der Waals surface area contributed by atoms with E-state index in [9.17, 15) is 4.21 Å². The van der Waals surface area contributed by atoms with E-state index in [1.54, 1.807) is 0 Å². The number of halogens is 1. The minimum atomic E-state index is -1.08. The molecule has 0 aliphatic carbocycles. The van der Waals surface area contributed by atoms with Crippen molar-refractivity contribution in [3.63, 3.8) is 0 Å². The molecule has 2 aromatic carbocycles. The van der Waals surface area contributed by atoms with E-state index in [1.165, 1.54) is 11.1 Å². The van der Waals surface area contributed by atoms with Crippen molar-refractivity contribution in [2.24, 2.45) is 0 Å². The third-order valence-corrected chi connectivity index (χ3v) is 5.24. The van der Waals surface area contributed by atoms with E-state index in [1.807, 2.05) is 50.2 Å². The highest BCUT2D eigenvalue weighted by atomic mass is 127. The molecular formula is C14H13IOS. The van der Waals surface area contributed by atoms with Crippen molar-refractivity contribution in [1.82, 2.24) is 0 Å². The van der Waals surface area contributed by atoms with E-state index >= 15 is 0 Å². The second-order valence-electron chi connectivity index (χ2n) is 4.02. The van der Waals surface area contributed by atoms with Gasteiger partial charge in [0, 0.05) is 8.47 Å². The molecule has 0 spiro atoms. The first-order valence-corrected chi connectivity index (χ1v) is 7.55. The van der Waals surface area contributed by atoms with Crippen molar-refractivity contribution in [3.05, 3.63) is 57.2 Å². The third kappa shape index (κ3) is 2.96. The molecular weight excluding hydrogens is 343 g/mol. The Bertz CT molecular complexity index is 561. The van der Waals surface area contributed by atoms with Crippen LogP contribution in [0.4, 0.5) is 0 Å². The van der Waals surface area contributed by atoms with Gasteiger partial charge in [-0.1, -0.05) is 23.8 Å². The number of benzene rings is 2. The summed E-state index contributed by atoms with van der Waals surface area (Å²) in [5.41, 5.74) is 2.38. The van der Waals surface area contributed by atoms with Crippen molar-refractivity contribution < 1.29 is 4.21 Å². The molecule has 0 saturated carbocycles. The van der Waals surface area contributed by atoms with Crippen molar-refractivity contribution >= 4 is 33.4 Å². The average molecular weight is 356 g/mol. The van der Waals surface area contributed by atoms with E-state index < -0.39 is 10.8 Å². The van der Waals surface area contributed by atoms with Gasteiger partial charge in [-0.2, -0.15) is 0 Å². The van der Waals surface area contributed by atoms with Gasteiger partial charge in [-0.25, -0.2) is 4.21 Å². The zero-order valence-corrected chi connectivity index (χ0v) is 12.7. The molecule has 0 aliphatic rings. The van der Waals surface area contributed by atoms with E-state index in [0.29, 0.717) is 0 Å². The van der Waals surface area contributed by atoms with Gasteiger partial charge in [0.05, 0.1) is 15.7 Å². The number of aryl methyl sites for hydroxylation is 2. The predicted molar refractivity (Wildman–Crippen MR) is 79.7 cm³/mol. The van der Waals surface area contributed by atoms with Crippen molar-refractivity contribution in [2.75, 3.05) is 0 Å². The highest BCUT2D eigenvalue weighted by Gasteiger charge is 2.10. The van der Waals surface area contributed by atoms with E-state index in [2.05, 4.69) is 28.7 Å². The van der Waals surface area contributed by atoms with Gasteiger partial charge in [-0.3, -0.25) is 0 Å². The lowest BCUT2D eigenvalue weighted by Crippen LogP contribution is -1.96. The second kappa shape index (κ2) is 5.31. The molecule has 0 bridgehead atoms. The first kappa shape index (κ1) is 12.8. The lowest BCUT2D eigenvalue weighted by atomic mass is 10.2. The zero-order chi connectivity index (χ0) is 12.4. The van der Waals surface area contributed by atoms with Gasteiger partial charge < -0.3 is 0 Å². The Morgan fingerprint density at radius 3 is 2.12 bits per heavy atom. The molecule has 0 aliphatic heterocycles. The zero-order valence-electron chi connectivity index (χ0n) is 9.74. The Morgan fingerprint density at radius 2 is 1.53 bits per heavy atom. The number of hydrogen-bond donors (Lipinski definition) is 0. The Hall–Kier alpha value is -0.680. The summed E-state index contributed by atoms with van der Waals surface area (Å²) < 4.78 is 13.5. The van der Waals surface area contributed by atoms with Crippen LogP contribution in [0.15, 0.2) is 52.3 Å². The molecule has 0 saturated heterocycles. The monoisotopic (exact) mass is 356 g/mol. The molecule has 0 heterocycles. The van der Waals surface area contributed by atoms with Crippen LogP contribution < -0.4 is 0 Å². The molecule has 1 nitrogen and oxygen atoms in total. The third-order valence-electron chi connectivity index (χ3n) is 2.52. The van der Waals surface area contributed by atoms with Gasteiger partial charge in [-0.15, -0.1) is 0 Å². The Kier molecular flexibility index (Phi) is 3.99. The summed E-state index contributed by atoms with van der Waals surface area (Å²) >= 11 is 2.24. The Morgan fingerprint density at radius 1 is 0.941 bits per heavy atom. The topological polar surface area (TPSA) is 17.1 Å². The fraction of sp³-hybridized carbons (Fsp3) is 0.143. The molecule has 2 rings (SSSR count). The van der Waals surface area contributed by atoms with Crippen molar-refractivity contribution in [1.29, 1.82) is 0 Å². The Labute approximate surface area is 118 Å². The molecule has 0 amide bonds. The quantitative estimate of drug-likeness (QED) is 0.742. The number of hydrogen-bond acceptors (Lipinski definition) is 1. The smallest absolute Gasteiger partial charge is 0.0860 e. The van der Waals surface area contributed by atoms with E-state index in [0.717, 1.165) is 13.4 Å². The molecule has 0 aromatic heterocycles. The largest absolute Gasteiger partial charge is 0.249 e. The second-order valence-corrected chi connectivity index (χ2v) is 6.63. The molecule has 1 unspecified atom stereocenters. The summed E-state index contributed by atoms with van der Waals surface area (Å²) in [5.74, 6) is 0. The van der Waals surface area contributed by atoms with Crippen LogP contribution in [0.2, 0.25) is 0 Å². The molecule has 17 heavy (non-hydrogen) atoms. The van der Waals surface area contributed by atoms with Gasteiger partial charge in [0.25, 0.3) is 0 Å². The highest BCUT2D eigenvalue weighted by molar-refractivity contribution is 14.1. The summed E-state index contributed by atoms with van der Waals surface area (Å²) in [7, 11) is -1.08. The van der Waals surface area contributed by atoms with Gasteiger partial charge in [0.2, 0.25) is 0 Å². The first-order chi connectivity index (χ1) is 8.08. The van der Waals surface area contributed by atoms with E-state index in [-0.39, 0.29) is 0 Å². The molecule has 3 heteroatoms. The molecule has 1 atom stereocenters. The average Bonchev–Trinajstić information content (AvgIpc) is 2.29. The van der Waals surface area contributed by atoms with Crippen LogP contribution in [-0.2, 0) is 10.8 Å². The minimum Gasteiger partial charge on any atom is -0.249 e. The first-order valence-electron chi connectivity index (χ1n) is 5.32. The molecule has 0 radical (unpaired) electrons. The van der Waals surface area contributed by atoms with Crippen LogP contribution in [0.5, 0.6) is 0 Å². The van der Waals surface area contributed by atoms with Crippen LogP contribution in [0.1, 0.15) is 11.1 Å². The van der Waals surface area contributed by atoms with Crippen LogP contribution >= 0.6 is 22.6 Å². The molecule has 88 valence electrons. The van der Waals surface area contributed by atoms with Gasteiger partial charge in [-0.05, 0) is 66.3 Å². The summed E-state index contributed by atoms with van der Waals surface area (Å²) in [6, 6.07) is 13.9. The van der Waals surface area contributed by atoms with Gasteiger partial charge >= 0.3 is 0 Å². The van der Waals surface area contributed by atoms with Crippen LogP contribution in [-0.4, -0.2) is 4.21 Å². The summed E-state index contributed by atoms with van der Waals surface area (Å²) in [5, 5.41) is 0. The predicted octanol–water partition coefficient (Wildman–Crippen LogP) is 4.07. The maximum absolute atomic E-state index is 12.4. The van der Waals surface area contributed by atoms with Crippen LogP contribution in [0.25, 0.3) is 0 Å². The Balaban J connectivity index is 2.40. The molecule has 0 fully saturated rings. The highest BCUT2D eigenvalue weighted by Crippen LogP contribution is 2.23. The summed E-state index contributed by atoms with van der Waals surface area (Å²) in [6.07, 6.45) is 0. The van der Waals surface area contributed by atoms with Gasteiger partial charge in [0.15, 0.2) is 0 Å². The van der Waals surface area contributed by atoms with Gasteiger partial charge in [0.1, 0.15) is 0 Å². The van der Waals surface area contributed by atoms with E-state index in [4.69, 9.17) is 0 Å². The fourth-order valence-electron chi connectivity index (χ4n) is 1.55. The lowest BCUT2D eigenvalue weighted by molar-refractivity contribution is 0.682. The fourth-order valence-corrected chi connectivity index (χ4v) is 3.88. The number of rotatable bonds is 2. The van der Waals surface area contributed by atoms with Crippen LogP contribution in [0, 0.1) is 17.4 Å². The summed E-state index contributed by atoms with van der Waals surface area (Å²) in [4.78, 5) is 1.75. The van der Waals surface area contributed by atoms with Crippen molar-refractivity contribution in [2.45, 2.75) is 23.6 Å². The summed E-state index contributed by atoms with van der Waals surface area (Å²) in [6.45, 7) is 4.07. The standard InChI is InChI=1S/C14H13IOS/c1-10-3-6-12(7-4-10)17(16)14-8-5-11(2)9-13(14)15/h3-9H,1-2H3. The SMILES string of the molecule is Cc1ccc(S(=O)c2ccc(C)cc2I)cc1. The van der Waals surface area contributed by atoms with Crippen molar-refractivity contribution in [3.8, 4) is 0 Å². The normalized spacial score (nSPS) is 12.4. The lowest BCUT2D eigenvalue weighted by Gasteiger charge is -2.06.